The largest absolute Gasteiger partial charge is 0.508 e. The number of carbonyl (C=O) groups excluding carboxylic acids is 1. The summed E-state index contributed by atoms with van der Waals surface area (Å²) in [6.07, 6.45) is 1.75. The Hall–Kier alpha value is -3.08. The standard InChI is InChI=1S/C17H11N3O2/c21-8-3-4-12-10(6-8)13-14-11(7-19-17(14)22)9-2-1-5-18-15(9)16(13)20-12/h1-6,20-21H,7H2,(H,19,22). The number of pyridine rings is 1. The van der Waals surface area contributed by atoms with Gasteiger partial charge in [0.25, 0.3) is 5.91 Å². The number of aromatic nitrogens is 2. The second-order valence-electron chi connectivity index (χ2n) is 5.54. The molecule has 1 aliphatic heterocycles. The van der Waals surface area contributed by atoms with Crippen LogP contribution in [-0.4, -0.2) is 21.0 Å². The van der Waals surface area contributed by atoms with Gasteiger partial charge in [0, 0.05) is 34.4 Å². The number of fused-ring (bicyclic) bond motifs is 8. The minimum atomic E-state index is -0.0741. The third kappa shape index (κ3) is 1.28. The van der Waals surface area contributed by atoms with Gasteiger partial charge in [-0.15, -0.1) is 0 Å². The molecule has 22 heavy (non-hydrogen) atoms. The van der Waals surface area contributed by atoms with Crippen LogP contribution in [0.2, 0.25) is 0 Å². The number of aromatic hydroxyl groups is 1. The normalized spacial score (nSPS) is 13.9. The highest BCUT2D eigenvalue weighted by atomic mass is 16.3. The van der Waals surface area contributed by atoms with Crippen molar-refractivity contribution >= 4 is 38.6 Å². The van der Waals surface area contributed by atoms with Gasteiger partial charge in [0.1, 0.15) is 5.75 Å². The summed E-state index contributed by atoms with van der Waals surface area (Å²) in [6.45, 7) is 0.512. The smallest absolute Gasteiger partial charge is 0.252 e. The maximum atomic E-state index is 12.3. The zero-order valence-corrected chi connectivity index (χ0v) is 11.5. The number of hydrogen-bond acceptors (Lipinski definition) is 3. The maximum absolute atomic E-state index is 12.3. The molecular weight excluding hydrogens is 278 g/mol. The zero-order valence-electron chi connectivity index (χ0n) is 11.5. The molecule has 5 rings (SSSR count). The van der Waals surface area contributed by atoms with Crippen molar-refractivity contribution in [2.75, 3.05) is 0 Å². The van der Waals surface area contributed by atoms with Gasteiger partial charge in [-0.1, -0.05) is 6.07 Å². The predicted octanol–water partition coefficient (Wildman–Crippen LogP) is 2.82. The van der Waals surface area contributed by atoms with Gasteiger partial charge < -0.3 is 15.4 Å². The second kappa shape index (κ2) is 3.76. The molecule has 106 valence electrons. The van der Waals surface area contributed by atoms with E-state index in [1.165, 1.54) is 0 Å². The Morgan fingerprint density at radius 3 is 3.00 bits per heavy atom. The summed E-state index contributed by atoms with van der Waals surface area (Å²) in [5.41, 5.74) is 4.24. The van der Waals surface area contributed by atoms with Crippen molar-refractivity contribution in [1.29, 1.82) is 0 Å². The molecule has 1 amide bonds. The first-order valence-electron chi connectivity index (χ1n) is 7.06. The molecule has 0 aliphatic carbocycles. The van der Waals surface area contributed by atoms with Gasteiger partial charge in [0.15, 0.2) is 0 Å². The number of nitrogens with zero attached hydrogens (tertiary/aromatic N) is 1. The second-order valence-corrected chi connectivity index (χ2v) is 5.54. The number of rotatable bonds is 0. The molecule has 0 saturated heterocycles. The predicted molar refractivity (Wildman–Crippen MR) is 83.9 cm³/mol. The molecule has 3 heterocycles. The number of phenols is 1. The lowest BCUT2D eigenvalue weighted by Crippen LogP contribution is -2.12. The van der Waals surface area contributed by atoms with E-state index in [0.717, 1.165) is 38.3 Å². The van der Waals surface area contributed by atoms with E-state index in [9.17, 15) is 9.90 Å². The van der Waals surface area contributed by atoms with Crippen LogP contribution in [0.3, 0.4) is 0 Å². The van der Waals surface area contributed by atoms with Crippen LogP contribution in [-0.2, 0) is 6.54 Å². The lowest BCUT2D eigenvalue weighted by Gasteiger charge is -2.05. The van der Waals surface area contributed by atoms with Gasteiger partial charge in [-0.05, 0) is 29.8 Å². The number of nitrogens with one attached hydrogen (secondary N) is 2. The van der Waals surface area contributed by atoms with Crippen molar-refractivity contribution in [3.05, 3.63) is 47.7 Å². The summed E-state index contributed by atoms with van der Waals surface area (Å²) in [5.74, 6) is 0.108. The fraction of sp³-hybridized carbons (Fsp3) is 0.0588. The third-order valence-corrected chi connectivity index (χ3v) is 4.36. The molecule has 0 fully saturated rings. The van der Waals surface area contributed by atoms with Crippen LogP contribution in [0.15, 0.2) is 36.5 Å². The van der Waals surface area contributed by atoms with E-state index in [1.54, 1.807) is 18.3 Å². The summed E-state index contributed by atoms with van der Waals surface area (Å²) in [5, 5.41) is 15.4. The number of amides is 1. The highest BCUT2D eigenvalue weighted by Crippen LogP contribution is 2.39. The zero-order chi connectivity index (χ0) is 14.8. The number of carbonyl (C=O) groups is 1. The number of aromatic amines is 1. The number of phenolic OH excluding ortho intramolecular Hbond substituents is 1. The van der Waals surface area contributed by atoms with E-state index >= 15 is 0 Å². The van der Waals surface area contributed by atoms with Crippen LogP contribution in [0.5, 0.6) is 5.75 Å². The van der Waals surface area contributed by atoms with Crippen molar-refractivity contribution < 1.29 is 9.90 Å². The topological polar surface area (TPSA) is 78.0 Å². The summed E-state index contributed by atoms with van der Waals surface area (Å²) >= 11 is 0. The molecule has 3 N–H and O–H groups in total. The average molecular weight is 289 g/mol. The summed E-state index contributed by atoms with van der Waals surface area (Å²) in [4.78, 5) is 20.2. The van der Waals surface area contributed by atoms with Crippen LogP contribution in [0.4, 0.5) is 0 Å². The highest BCUT2D eigenvalue weighted by molar-refractivity contribution is 6.26. The number of H-pyrrole nitrogens is 1. The van der Waals surface area contributed by atoms with Crippen molar-refractivity contribution in [2.45, 2.75) is 6.54 Å². The average Bonchev–Trinajstić information content (AvgIpc) is 3.08. The first-order chi connectivity index (χ1) is 10.7. The highest BCUT2D eigenvalue weighted by Gasteiger charge is 2.27. The van der Waals surface area contributed by atoms with Gasteiger partial charge in [0.05, 0.1) is 16.6 Å². The van der Waals surface area contributed by atoms with Crippen molar-refractivity contribution in [2.24, 2.45) is 0 Å². The summed E-state index contributed by atoms with van der Waals surface area (Å²) in [7, 11) is 0. The fourth-order valence-corrected chi connectivity index (χ4v) is 3.44. The molecule has 0 atom stereocenters. The molecule has 0 radical (unpaired) electrons. The SMILES string of the molecule is O=C1NCc2c1c1c3cc(O)ccc3[nH]c1c1ncccc21. The molecule has 5 nitrogen and oxygen atoms in total. The van der Waals surface area contributed by atoms with E-state index in [2.05, 4.69) is 15.3 Å². The van der Waals surface area contributed by atoms with Gasteiger partial charge in [-0.2, -0.15) is 0 Å². The lowest BCUT2D eigenvalue weighted by atomic mass is 9.98. The number of hydrogen-bond donors (Lipinski definition) is 3. The quantitative estimate of drug-likeness (QED) is 0.466. The van der Waals surface area contributed by atoms with E-state index < -0.39 is 0 Å². The van der Waals surface area contributed by atoms with Crippen LogP contribution in [0.1, 0.15) is 15.9 Å². The van der Waals surface area contributed by atoms with Crippen LogP contribution >= 0.6 is 0 Å². The molecule has 2 aromatic carbocycles. The summed E-state index contributed by atoms with van der Waals surface area (Å²) in [6, 6.07) is 9.01. The molecule has 0 saturated carbocycles. The molecule has 2 aromatic heterocycles. The van der Waals surface area contributed by atoms with Crippen molar-refractivity contribution in [1.82, 2.24) is 15.3 Å². The molecule has 0 unspecified atom stereocenters. The van der Waals surface area contributed by atoms with E-state index in [0.29, 0.717) is 12.1 Å². The monoisotopic (exact) mass is 289 g/mol. The first kappa shape index (κ1) is 11.6. The molecular formula is C17H11N3O2. The molecule has 1 aliphatic rings. The maximum Gasteiger partial charge on any atom is 0.252 e. The lowest BCUT2D eigenvalue weighted by molar-refractivity contribution is 0.0967. The molecule has 5 heteroatoms. The Labute approximate surface area is 124 Å². The van der Waals surface area contributed by atoms with Crippen LogP contribution in [0.25, 0.3) is 32.7 Å². The Balaban J connectivity index is 2.16. The van der Waals surface area contributed by atoms with E-state index in [4.69, 9.17) is 0 Å². The Kier molecular flexibility index (Phi) is 1.98. The first-order valence-corrected chi connectivity index (χ1v) is 7.06. The minimum absolute atomic E-state index is 0.0741. The fourth-order valence-electron chi connectivity index (χ4n) is 3.44. The third-order valence-electron chi connectivity index (χ3n) is 4.36. The Bertz CT molecular complexity index is 1110. The Morgan fingerprint density at radius 2 is 2.09 bits per heavy atom. The van der Waals surface area contributed by atoms with Crippen molar-refractivity contribution in [3.63, 3.8) is 0 Å². The van der Waals surface area contributed by atoms with Gasteiger partial charge in [0.2, 0.25) is 0 Å². The van der Waals surface area contributed by atoms with E-state index in [1.807, 2.05) is 18.2 Å². The van der Waals surface area contributed by atoms with Gasteiger partial charge >= 0.3 is 0 Å². The molecule has 0 spiro atoms. The van der Waals surface area contributed by atoms with Gasteiger partial charge in [-0.3, -0.25) is 9.78 Å². The van der Waals surface area contributed by atoms with E-state index in [-0.39, 0.29) is 11.7 Å². The number of benzene rings is 2. The van der Waals surface area contributed by atoms with Crippen LogP contribution < -0.4 is 5.32 Å². The van der Waals surface area contributed by atoms with Crippen LogP contribution in [0, 0.1) is 0 Å². The summed E-state index contributed by atoms with van der Waals surface area (Å²) < 4.78 is 0. The minimum Gasteiger partial charge on any atom is -0.508 e. The molecule has 0 bridgehead atoms. The van der Waals surface area contributed by atoms with Crippen molar-refractivity contribution in [3.8, 4) is 5.75 Å². The molecule has 4 aromatic rings. The van der Waals surface area contributed by atoms with Gasteiger partial charge in [-0.25, -0.2) is 0 Å². The Morgan fingerprint density at radius 1 is 1.18 bits per heavy atom.